The van der Waals surface area contributed by atoms with Crippen molar-refractivity contribution in [1.29, 1.82) is 5.26 Å². The number of halogens is 1. The van der Waals surface area contributed by atoms with Crippen molar-refractivity contribution in [2.24, 2.45) is 0 Å². The first-order valence-corrected chi connectivity index (χ1v) is 6.58. The molecule has 0 aliphatic heterocycles. The van der Waals surface area contributed by atoms with Gasteiger partial charge in [-0.25, -0.2) is 4.39 Å². The van der Waals surface area contributed by atoms with Crippen LogP contribution in [0.15, 0.2) is 24.4 Å². The summed E-state index contributed by atoms with van der Waals surface area (Å²) in [6.07, 6.45) is 3.83. The lowest BCUT2D eigenvalue weighted by Crippen LogP contribution is -2.20. The quantitative estimate of drug-likeness (QED) is 0.810. The van der Waals surface area contributed by atoms with E-state index in [1.165, 1.54) is 6.07 Å². The highest BCUT2D eigenvalue weighted by Crippen LogP contribution is 2.31. The minimum absolute atomic E-state index is 0.127. The van der Waals surface area contributed by atoms with E-state index in [0.29, 0.717) is 23.3 Å². The van der Waals surface area contributed by atoms with E-state index in [4.69, 9.17) is 17.5 Å². The van der Waals surface area contributed by atoms with E-state index in [1.54, 1.807) is 12.3 Å². The van der Waals surface area contributed by atoms with Crippen LogP contribution in [0.1, 0.15) is 29.3 Å². The van der Waals surface area contributed by atoms with Gasteiger partial charge in [0.2, 0.25) is 0 Å². The molecule has 0 spiro atoms. The van der Waals surface area contributed by atoms with Crippen molar-refractivity contribution in [2.45, 2.75) is 25.3 Å². The Morgan fingerprint density at radius 1 is 1.47 bits per heavy atom. The largest absolute Gasteiger partial charge is 0.336 e. The van der Waals surface area contributed by atoms with E-state index in [-0.39, 0.29) is 11.9 Å². The van der Waals surface area contributed by atoms with Crippen molar-refractivity contribution in [1.82, 2.24) is 9.55 Å². The molecular formula is C14H12FN3S. The standard InChI is InChI=1S/C14H12FN3S/c15-13-3-1-2-9-6-10(4-5-12(9)13)18-11(7-16)8-17-14(18)19/h1-3,8,10H,4-6H2,(H,17,19)/t10-/m0/s1. The Bertz CT molecular complexity index is 723. The zero-order valence-electron chi connectivity index (χ0n) is 10.2. The number of nitrogens with zero attached hydrogens (tertiary/aromatic N) is 2. The average molecular weight is 273 g/mol. The summed E-state index contributed by atoms with van der Waals surface area (Å²) in [5.41, 5.74) is 2.36. The number of benzene rings is 1. The Balaban J connectivity index is 2.01. The van der Waals surface area contributed by atoms with Crippen LogP contribution in [-0.4, -0.2) is 9.55 Å². The summed E-state index contributed by atoms with van der Waals surface area (Å²) in [6.45, 7) is 0. The summed E-state index contributed by atoms with van der Waals surface area (Å²) in [4.78, 5) is 2.90. The van der Waals surface area contributed by atoms with E-state index < -0.39 is 0 Å². The Morgan fingerprint density at radius 2 is 2.32 bits per heavy atom. The number of nitriles is 1. The van der Waals surface area contributed by atoms with Gasteiger partial charge in [-0.05, 0) is 48.7 Å². The number of hydrogen-bond acceptors (Lipinski definition) is 2. The molecule has 0 fully saturated rings. The van der Waals surface area contributed by atoms with Crippen molar-refractivity contribution in [2.75, 3.05) is 0 Å². The van der Waals surface area contributed by atoms with Crippen LogP contribution in [0.2, 0.25) is 0 Å². The third-order valence-corrected chi connectivity index (χ3v) is 4.00. The number of nitrogens with one attached hydrogen (secondary N) is 1. The minimum Gasteiger partial charge on any atom is -0.336 e. The second-order valence-corrected chi connectivity index (χ2v) is 5.12. The summed E-state index contributed by atoms with van der Waals surface area (Å²) in [5, 5.41) is 9.10. The van der Waals surface area contributed by atoms with Crippen LogP contribution in [0.25, 0.3) is 0 Å². The van der Waals surface area contributed by atoms with Gasteiger partial charge in [-0.3, -0.25) is 0 Å². The SMILES string of the molecule is N#Cc1c[nH]c(=S)n1[C@H]1CCc2c(F)cccc2C1. The third-order valence-electron chi connectivity index (χ3n) is 3.69. The molecule has 0 bridgehead atoms. The molecule has 19 heavy (non-hydrogen) atoms. The van der Waals surface area contributed by atoms with Crippen molar-refractivity contribution in [3.05, 3.63) is 51.8 Å². The topological polar surface area (TPSA) is 44.5 Å². The number of rotatable bonds is 1. The van der Waals surface area contributed by atoms with E-state index in [2.05, 4.69) is 11.1 Å². The van der Waals surface area contributed by atoms with Gasteiger partial charge in [-0.1, -0.05) is 12.1 Å². The molecule has 1 aromatic carbocycles. The summed E-state index contributed by atoms with van der Waals surface area (Å²) in [5.74, 6) is -0.130. The number of H-pyrrole nitrogens is 1. The second kappa shape index (κ2) is 4.63. The molecule has 0 radical (unpaired) electrons. The van der Waals surface area contributed by atoms with E-state index in [9.17, 15) is 4.39 Å². The molecule has 3 rings (SSSR count). The molecule has 1 aromatic heterocycles. The lowest BCUT2D eigenvalue weighted by molar-refractivity contribution is 0.426. The molecule has 0 saturated carbocycles. The van der Waals surface area contributed by atoms with Crippen molar-refractivity contribution >= 4 is 12.2 Å². The normalized spacial score (nSPS) is 17.8. The average Bonchev–Trinajstić information content (AvgIpc) is 2.80. The minimum atomic E-state index is -0.130. The van der Waals surface area contributed by atoms with Crippen LogP contribution < -0.4 is 0 Å². The maximum absolute atomic E-state index is 13.7. The van der Waals surface area contributed by atoms with Gasteiger partial charge in [0.1, 0.15) is 17.6 Å². The molecular weight excluding hydrogens is 261 g/mol. The summed E-state index contributed by atoms with van der Waals surface area (Å²) >= 11 is 5.23. The van der Waals surface area contributed by atoms with Crippen LogP contribution in [0.4, 0.5) is 4.39 Å². The number of hydrogen-bond donors (Lipinski definition) is 1. The molecule has 1 heterocycles. The predicted octanol–water partition coefficient (Wildman–Crippen LogP) is 3.29. The monoisotopic (exact) mass is 273 g/mol. The molecule has 5 heteroatoms. The second-order valence-electron chi connectivity index (χ2n) is 4.74. The molecule has 3 nitrogen and oxygen atoms in total. The van der Waals surface area contributed by atoms with Gasteiger partial charge in [-0.15, -0.1) is 0 Å². The van der Waals surface area contributed by atoms with Gasteiger partial charge in [0, 0.05) is 12.2 Å². The first kappa shape index (κ1) is 12.1. The Kier molecular flexibility index (Phi) is 2.96. The molecule has 96 valence electrons. The summed E-state index contributed by atoms with van der Waals surface area (Å²) in [6, 6.07) is 7.45. The van der Waals surface area contributed by atoms with Crippen LogP contribution >= 0.6 is 12.2 Å². The Morgan fingerprint density at radius 3 is 3.11 bits per heavy atom. The van der Waals surface area contributed by atoms with Crippen LogP contribution in [-0.2, 0) is 12.8 Å². The number of aromatic amines is 1. The molecule has 0 saturated heterocycles. The van der Waals surface area contributed by atoms with Gasteiger partial charge in [0.05, 0.1) is 0 Å². The van der Waals surface area contributed by atoms with Gasteiger partial charge in [-0.2, -0.15) is 5.26 Å². The molecule has 1 aliphatic rings. The van der Waals surface area contributed by atoms with Crippen LogP contribution in [0.3, 0.4) is 0 Å². The highest BCUT2D eigenvalue weighted by Gasteiger charge is 2.24. The van der Waals surface area contributed by atoms with Crippen LogP contribution in [0.5, 0.6) is 0 Å². The lowest BCUT2D eigenvalue weighted by atomic mass is 9.88. The molecule has 0 amide bonds. The van der Waals surface area contributed by atoms with Crippen molar-refractivity contribution < 1.29 is 4.39 Å². The molecule has 2 aromatic rings. The highest BCUT2D eigenvalue weighted by molar-refractivity contribution is 7.71. The zero-order valence-corrected chi connectivity index (χ0v) is 11.0. The zero-order chi connectivity index (χ0) is 13.4. The maximum Gasteiger partial charge on any atom is 0.178 e. The first-order chi connectivity index (χ1) is 9.20. The summed E-state index contributed by atoms with van der Waals surface area (Å²) in [7, 11) is 0. The van der Waals surface area contributed by atoms with Gasteiger partial charge in [0.15, 0.2) is 4.77 Å². The Labute approximate surface area is 115 Å². The third kappa shape index (κ3) is 1.98. The van der Waals surface area contributed by atoms with E-state index in [0.717, 1.165) is 17.5 Å². The molecule has 0 unspecified atom stereocenters. The smallest absolute Gasteiger partial charge is 0.178 e. The highest BCUT2D eigenvalue weighted by atomic mass is 32.1. The van der Waals surface area contributed by atoms with Gasteiger partial charge in [0.25, 0.3) is 0 Å². The fourth-order valence-electron chi connectivity index (χ4n) is 2.79. The number of fused-ring (bicyclic) bond motifs is 1. The Hall–Kier alpha value is -1.93. The number of aromatic nitrogens is 2. The first-order valence-electron chi connectivity index (χ1n) is 6.17. The van der Waals surface area contributed by atoms with Gasteiger partial charge >= 0.3 is 0 Å². The van der Waals surface area contributed by atoms with Crippen LogP contribution in [0, 0.1) is 21.9 Å². The van der Waals surface area contributed by atoms with Crippen molar-refractivity contribution in [3.63, 3.8) is 0 Å². The molecule has 1 N–H and O–H groups in total. The van der Waals surface area contributed by atoms with E-state index >= 15 is 0 Å². The fourth-order valence-corrected chi connectivity index (χ4v) is 3.10. The lowest BCUT2D eigenvalue weighted by Gasteiger charge is -2.26. The molecule has 1 atom stereocenters. The predicted molar refractivity (Wildman–Crippen MR) is 71.8 cm³/mol. The molecule has 1 aliphatic carbocycles. The summed E-state index contributed by atoms with van der Waals surface area (Å²) < 4.78 is 16.1. The number of imidazole rings is 1. The van der Waals surface area contributed by atoms with Crippen molar-refractivity contribution in [3.8, 4) is 6.07 Å². The van der Waals surface area contributed by atoms with E-state index in [1.807, 2.05) is 10.6 Å². The maximum atomic E-state index is 13.7. The fraction of sp³-hybridized carbons (Fsp3) is 0.286. The van der Waals surface area contributed by atoms with Gasteiger partial charge < -0.3 is 9.55 Å².